The third-order valence-electron chi connectivity index (χ3n) is 2.25. The van der Waals surface area contributed by atoms with Crippen LogP contribution < -0.4 is 5.32 Å². The Morgan fingerprint density at radius 1 is 1.37 bits per heavy atom. The van der Waals surface area contributed by atoms with Gasteiger partial charge in [-0.25, -0.2) is 14.8 Å². The third-order valence-corrected chi connectivity index (χ3v) is 3.06. The van der Waals surface area contributed by atoms with Crippen molar-refractivity contribution in [1.82, 2.24) is 9.97 Å². The first-order valence-corrected chi connectivity index (χ1v) is 6.44. The van der Waals surface area contributed by atoms with Gasteiger partial charge in [-0.15, -0.1) is 0 Å². The number of carboxylic acid groups (broad SMARTS) is 1. The van der Waals surface area contributed by atoms with Gasteiger partial charge in [0.15, 0.2) is 5.69 Å². The molecule has 0 aliphatic rings. The molecular weight excluding hydrogens is 334 g/mol. The van der Waals surface area contributed by atoms with Crippen LogP contribution in [-0.2, 0) is 0 Å². The standard InChI is InChI=1S/C12H9BrClN3O2/c1-6-4-10(11(18)19)17-12(15-6)16-9-3-2-7(13)5-8(9)14/h2-5H,1H3,(H,18,19)(H,15,16,17). The number of anilines is 2. The summed E-state index contributed by atoms with van der Waals surface area (Å²) in [7, 11) is 0. The molecule has 0 bridgehead atoms. The molecule has 19 heavy (non-hydrogen) atoms. The maximum absolute atomic E-state index is 10.9. The molecule has 5 nitrogen and oxygen atoms in total. The van der Waals surface area contributed by atoms with Crippen LogP contribution in [0.5, 0.6) is 0 Å². The maximum Gasteiger partial charge on any atom is 0.354 e. The van der Waals surface area contributed by atoms with Crippen molar-refractivity contribution in [2.45, 2.75) is 6.92 Å². The van der Waals surface area contributed by atoms with Gasteiger partial charge in [-0.2, -0.15) is 0 Å². The van der Waals surface area contributed by atoms with Gasteiger partial charge in [0.2, 0.25) is 5.95 Å². The molecule has 0 aliphatic carbocycles. The highest BCUT2D eigenvalue weighted by Crippen LogP contribution is 2.27. The molecule has 0 fully saturated rings. The van der Waals surface area contributed by atoms with Crippen LogP contribution in [0.3, 0.4) is 0 Å². The summed E-state index contributed by atoms with van der Waals surface area (Å²) in [5.41, 5.74) is 1.10. The van der Waals surface area contributed by atoms with Gasteiger partial charge in [-0.05, 0) is 31.2 Å². The molecule has 0 saturated heterocycles. The number of nitrogens with one attached hydrogen (secondary N) is 1. The fraction of sp³-hybridized carbons (Fsp3) is 0.0833. The molecule has 0 amide bonds. The van der Waals surface area contributed by atoms with Gasteiger partial charge in [0.05, 0.1) is 10.7 Å². The van der Waals surface area contributed by atoms with Crippen molar-refractivity contribution in [3.05, 3.63) is 45.1 Å². The fourth-order valence-corrected chi connectivity index (χ4v) is 2.17. The number of aryl methyl sites for hydroxylation is 1. The van der Waals surface area contributed by atoms with E-state index in [1.807, 2.05) is 6.07 Å². The lowest BCUT2D eigenvalue weighted by atomic mass is 10.3. The van der Waals surface area contributed by atoms with Gasteiger partial charge in [-0.1, -0.05) is 27.5 Å². The molecule has 7 heteroatoms. The van der Waals surface area contributed by atoms with Crippen LogP contribution in [0.1, 0.15) is 16.2 Å². The number of aromatic nitrogens is 2. The van der Waals surface area contributed by atoms with Crippen molar-refractivity contribution in [2.75, 3.05) is 5.32 Å². The zero-order valence-corrected chi connectivity index (χ0v) is 12.2. The van der Waals surface area contributed by atoms with E-state index < -0.39 is 5.97 Å². The van der Waals surface area contributed by atoms with Crippen LogP contribution in [0.15, 0.2) is 28.7 Å². The van der Waals surface area contributed by atoms with Gasteiger partial charge >= 0.3 is 5.97 Å². The largest absolute Gasteiger partial charge is 0.477 e. The number of carbonyl (C=O) groups is 1. The molecule has 0 saturated carbocycles. The van der Waals surface area contributed by atoms with E-state index >= 15 is 0 Å². The Balaban J connectivity index is 2.35. The molecular formula is C12H9BrClN3O2. The van der Waals surface area contributed by atoms with E-state index in [4.69, 9.17) is 16.7 Å². The number of hydrogen-bond acceptors (Lipinski definition) is 4. The molecule has 1 heterocycles. The third kappa shape index (κ3) is 3.42. The lowest BCUT2D eigenvalue weighted by Gasteiger charge is -2.08. The summed E-state index contributed by atoms with van der Waals surface area (Å²) >= 11 is 9.36. The molecule has 1 aromatic carbocycles. The van der Waals surface area contributed by atoms with Crippen molar-refractivity contribution in [3.63, 3.8) is 0 Å². The quantitative estimate of drug-likeness (QED) is 0.890. The van der Waals surface area contributed by atoms with E-state index in [1.165, 1.54) is 6.07 Å². The Kier molecular flexibility index (Phi) is 4.01. The molecule has 0 spiro atoms. The second-order valence-corrected chi connectivity index (χ2v) is 5.10. The zero-order chi connectivity index (χ0) is 14.0. The van der Waals surface area contributed by atoms with E-state index in [1.54, 1.807) is 19.1 Å². The predicted molar refractivity (Wildman–Crippen MR) is 76.2 cm³/mol. The summed E-state index contributed by atoms with van der Waals surface area (Å²) in [6.07, 6.45) is 0. The lowest BCUT2D eigenvalue weighted by Crippen LogP contribution is -2.06. The first-order valence-electron chi connectivity index (χ1n) is 5.27. The number of hydrogen-bond donors (Lipinski definition) is 2. The Hall–Kier alpha value is -1.66. The van der Waals surface area contributed by atoms with Crippen LogP contribution in [0.2, 0.25) is 5.02 Å². The Labute approximate surface area is 122 Å². The fourth-order valence-electron chi connectivity index (χ4n) is 1.45. The summed E-state index contributed by atoms with van der Waals surface area (Å²) in [5, 5.41) is 12.3. The van der Waals surface area contributed by atoms with E-state index in [0.717, 1.165) is 4.47 Å². The smallest absolute Gasteiger partial charge is 0.354 e. The number of benzene rings is 1. The maximum atomic E-state index is 10.9. The minimum atomic E-state index is -1.10. The Bertz CT molecular complexity index is 649. The Morgan fingerprint density at radius 3 is 2.74 bits per heavy atom. The summed E-state index contributed by atoms with van der Waals surface area (Å²) in [4.78, 5) is 18.9. The first kappa shape index (κ1) is 13.8. The molecule has 2 rings (SSSR count). The number of carboxylic acids is 1. The van der Waals surface area contributed by atoms with Crippen molar-refractivity contribution in [2.24, 2.45) is 0 Å². The van der Waals surface area contributed by atoms with E-state index in [2.05, 4.69) is 31.2 Å². The molecule has 98 valence electrons. The minimum Gasteiger partial charge on any atom is -0.477 e. The van der Waals surface area contributed by atoms with E-state index in [9.17, 15) is 4.79 Å². The van der Waals surface area contributed by atoms with Crippen LogP contribution in [0.25, 0.3) is 0 Å². The number of nitrogens with zero attached hydrogens (tertiary/aromatic N) is 2. The highest BCUT2D eigenvalue weighted by molar-refractivity contribution is 9.10. The predicted octanol–water partition coefficient (Wildman–Crippen LogP) is 3.64. The van der Waals surface area contributed by atoms with E-state index in [-0.39, 0.29) is 11.6 Å². The molecule has 0 radical (unpaired) electrons. The normalized spacial score (nSPS) is 10.3. The van der Waals surface area contributed by atoms with Gasteiger partial charge in [0.1, 0.15) is 0 Å². The topological polar surface area (TPSA) is 75.1 Å². The first-order chi connectivity index (χ1) is 8.95. The molecule has 0 aliphatic heterocycles. The average Bonchev–Trinajstić information content (AvgIpc) is 2.32. The van der Waals surface area contributed by atoms with Crippen molar-refractivity contribution >= 4 is 45.1 Å². The van der Waals surface area contributed by atoms with Crippen molar-refractivity contribution < 1.29 is 9.90 Å². The molecule has 1 aromatic heterocycles. The minimum absolute atomic E-state index is 0.0664. The molecule has 2 N–H and O–H groups in total. The Morgan fingerprint density at radius 2 is 2.11 bits per heavy atom. The second kappa shape index (κ2) is 5.54. The summed E-state index contributed by atoms with van der Waals surface area (Å²) < 4.78 is 0.847. The highest BCUT2D eigenvalue weighted by atomic mass is 79.9. The highest BCUT2D eigenvalue weighted by Gasteiger charge is 2.10. The van der Waals surface area contributed by atoms with Crippen LogP contribution in [0.4, 0.5) is 11.6 Å². The van der Waals surface area contributed by atoms with Crippen LogP contribution in [0, 0.1) is 6.92 Å². The van der Waals surface area contributed by atoms with Gasteiger partial charge in [-0.3, -0.25) is 0 Å². The SMILES string of the molecule is Cc1cc(C(=O)O)nc(Nc2ccc(Br)cc2Cl)n1. The van der Waals surface area contributed by atoms with Gasteiger partial charge in [0, 0.05) is 10.2 Å². The molecule has 2 aromatic rings. The summed E-state index contributed by atoms with van der Waals surface area (Å²) in [6.45, 7) is 1.70. The summed E-state index contributed by atoms with van der Waals surface area (Å²) in [6, 6.07) is 6.68. The number of halogens is 2. The lowest BCUT2D eigenvalue weighted by molar-refractivity contribution is 0.0690. The van der Waals surface area contributed by atoms with Gasteiger partial charge < -0.3 is 10.4 Å². The van der Waals surface area contributed by atoms with Gasteiger partial charge in [0.25, 0.3) is 0 Å². The molecule has 0 atom stereocenters. The van der Waals surface area contributed by atoms with Crippen LogP contribution >= 0.6 is 27.5 Å². The average molecular weight is 343 g/mol. The monoisotopic (exact) mass is 341 g/mol. The van der Waals surface area contributed by atoms with Crippen molar-refractivity contribution in [3.8, 4) is 0 Å². The summed E-state index contributed by atoms with van der Waals surface area (Å²) in [5.74, 6) is -0.905. The van der Waals surface area contributed by atoms with E-state index in [0.29, 0.717) is 16.4 Å². The molecule has 0 unspecified atom stereocenters. The number of aromatic carboxylic acids is 1. The number of rotatable bonds is 3. The van der Waals surface area contributed by atoms with Crippen molar-refractivity contribution in [1.29, 1.82) is 0 Å². The second-order valence-electron chi connectivity index (χ2n) is 3.77. The van der Waals surface area contributed by atoms with Crippen LogP contribution in [-0.4, -0.2) is 21.0 Å². The zero-order valence-electron chi connectivity index (χ0n) is 9.82.